The maximum Gasteiger partial charge on any atom is 0.253 e. The second-order valence-electron chi connectivity index (χ2n) is 8.08. The summed E-state index contributed by atoms with van der Waals surface area (Å²) in [5.74, 6) is 0.709. The fourth-order valence-electron chi connectivity index (χ4n) is 4.17. The van der Waals surface area contributed by atoms with E-state index in [4.69, 9.17) is 4.52 Å². The Morgan fingerprint density at radius 2 is 1.81 bits per heavy atom. The Morgan fingerprint density at radius 3 is 2.48 bits per heavy atom. The smallest absolute Gasteiger partial charge is 0.253 e. The van der Waals surface area contributed by atoms with Gasteiger partial charge >= 0.3 is 0 Å². The summed E-state index contributed by atoms with van der Waals surface area (Å²) < 4.78 is 32.9. The SMILES string of the molecule is Cc1noc(CCNC(=O)c2cc(S(=O)(=O)N3CCCCC3)ccc2N2CCCC2)n1. The Morgan fingerprint density at radius 1 is 1.10 bits per heavy atom. The molecule has 2 fully saturated rings. The maximum absolute atomic E-state index is 13.1. The van der Waals surface area contributed by atoms with Crippen LogP contribution in [0.25, 0.3) is 0 Å². The van der Waals surface area contributed by atoms with E-state index in [9.17, 15) is 13.2 Å². The van der Waals surface area contributed by atoms with Gasteiger partial charge in [-0.1, -0.05) is 11.6 Å². The molecule has 0 spiro atoms. The van der Waals surface area contributed by atoms with Gasteiger partial charge < -0.3 is 14.7 Å². The van der Waals surface area contributed by atoms with E-state index in [1.54, 1.807) is 19.1 Å². The number of nitrogens with one attached hydrogen (secondary N) is 1. The molecule has 0 radical (unpaired) electrons. The molecule has 0 saturated carbocycles. The molecular formula is C21H29N5O4S. The first-order chi connectivity index (χ1) is 14.9. The summed E-state index contributed by atoms with van der Waals surface area (Å²) in [5.41, 5.74) is 1.17. The molecule has 0 bridgehead atoms. The van der Waals surface area contributed by atoms with Crippen molar-refractivity contribution >= 4 is 21.6 Å². The van der Waals surface area contributed by atoms with Crippen LogP contribution in [0.15, 0.2) is 27.6 Å². The minimum Gasteiger partial charge on any atom is -0.371 e. The van der Waals surface area contributed by atoms with E-state index >= 15 is 0 Å². The highest BCUT2D eigenvalue weighted by Gasteiger charge is 2.28. The van der Waals surface area contributed by atoms with Crippen LogP contribution in [0.1, 0.15) is 54.2 Å². The quantitative estimate of drug-likeness (QED) is 0.692. The first-order valence-corrected chi connectivity index (χ1v) is 12.4. The van der Waals surface area contributed by atoms with Gasteiger partial charge in [0, 0.05) is 44.8 Å². The Kier molecular flexibility index (Phi) is 6.57. The number of hydrogen-bond donors (Lipinski definition) is 1. The van der Waals surface area contributed by atoms with Crippen LogP contribution in [0.4, 0.5) is 5.69 Å². The van der Waals surface area contributed by atoms with Crippen molar-refractivity contribution in [3.8, 4) is 0 Å². The third-order valence-electron chi connectivity index (χ3n) is 5.81. The van der Waals surface area contributed by atoms with E-state index in [1.807, 2.05) is 0 Å². The van der Waals surface area contributed by atoms with Gasteiger partial charge in [0.05, 0.1) is 10.5 Å². The number of amides is 1. The van der Waals surface area contributed by atoms with E-state index in [2.05, 4.69) is 20.4 Å². The number of rotatable bonds is 7. The molecule has 9 nitrogen and oxygen atoms in total. The van der Waals surface area contributed by atoms with Gasteiger partial charge in [-0.2, -0.15) is 9.29 Å². The van der Waals surface area contributed by atoms with Gasteiger partial charge in [0.2, 0.25) is 15.9 Å². The number of nitrogens with zero attached hydrogens (tertiary/aromatic N) is 4. The normalized spacial score (nSPS) is 17.8. The van der Waals surface area contributed by atoms with Gasteiger partial charge in [0.15, 0.2) is 5.82 Å². The van der Waals surface area contributed by atoms with Crippen LogP contribution in [-0.4, -0.2) is 61.5 Å². The molecule has 2 aromatic rings. The van der Waals surface area contributed by atoms with Gasteiger partial charge in [-0.3, -0.25) is 4.79 Å². The summed E-state index contributed by atoms with van der Waals surface area (Å²) in [6.07, 6.45) is 5.32. The molecular weight excluding hydrogens is 418 g/mol. The van der Waals surface area contributed by atoms with Crippen LogP contribution in [0.2, 0.25) is 0 Å². The molecule has 0 unspecified atom stereocenters. The second-order valence-corrected chi connectivity index (χ2v) is 10.0. The molecule has 1 N–H and O–H groups in total. The second kappa shape index (κ2) is 9.35. The average molecular weight is 448 g/mol. The van der Waals surface area contributed by atoms with Crippen LogP contribution in [-0.2, 0) is 16.4 Å². The molecule has 3 heterocycles. The first-order valence-electron chi connectivity index (χ1n) is 10.9. The molecule has 2 aliphatic heterocycles. The zero-order valence-corrected chi connectivity index (χ0v) is 18.7. The summed E-state index contributed by atoms with van der Waals surface area (Å²) in [7, 11) is -3.62. The zero-order chi connectivity index (χ0) is 21.8. The topological polar surface area (TPSA) is 109 Å². The fraction of sp³-hybridized carbons (Fsp3) is 0.571. The third kappa shape index (κ3) is 4.90. The number of aryl methyl sites for hydroxylation is 1. The standard InChI is InChI=1S/C21H29N5O4S/c1-16-23-20(30-24-16)9-10-22-21(27)18-15-17(7-8-19(18)25-11-5-6-12-25)31(28,29)26-13-3-2-4-14-26/h7-8,15H,2-6,9-14H2,1H3,(H,22,27). The zero-order valence-electron chi connectivity index (χ0n) is 17.8. The van der Waals surface area contributed by atoms with Crippen molar-refractivity contribution in [3.05, 3.63) is 35.5 Å². The molecule has 0 atom stereocenters. The Hall–Kier alpha value is -2.46. The van der Waals surface area contributed by atoms with Gasteiger partial charge in [-0.15, -0.1) is 0 Å². The Balaban J connectivity index is 1.56. The van der Waals surface area contributed by atoms with Crippen molar-refractivity contribution in [3.63, 3.8) is 0 Å². The van der Waals surface area contributed by atoms with Crippen LogP contribution in [0.3, 0.4) is 0 Å². The number of anilines is 1. The van der Waals surface area contributed by atoms with E-state index in [1.165, 1.54) is 10.4 Å². The van der Waals surface area contributed by atoms with E-state index in [0.717, 1.165) is 50.9 Å². The van der Waals surface area contributed by atoms with Crippen LogP contribution in [0, 0.1) is 6.92 Å². The number of sulfonamides is 1. The lowest BCUT2D eigenvalue weighted by atomic mass is 10.1. The molecule has 4 rings (SSSR count). The summed E-state index contributed by atoms with van der Waals surface area (Å²) >= 11 is 0. The summed E-state index contributed by atoms with van der Waals surface area (Å²) in [5, 5.41) is 6.62. The molecule has 10 heteroatoms. The van der Waals surface area contributed by atoms with Gasteiger partial charge in [-0.25, -0.2) is 8.42 Å². The lowest BCUT2D eigenvalue weighted by Crippen LogP contribution is -2.36. The monoisotopic (exact) mass is 447 g/mol. The van der Waals surface area contributed by atoms with Crippen molar-refractivity contribution < 1.29 is 17.7 Å². The molecule has 2 aliphatic rings. The highest BCUT2D eigenvalue weighted by molar-refractivity contribution is 7.89. The molecule has 1 amide bonds. The number of hydrogen-bond acceptors (Lipinski definition) is 7. The van der Waals surface area contributed by atoms with Gasteiger partial charge in [0.25, 0.3) is 5.91 Å². The van der Waals surface area contributed by atoms with Crippen molar-refractivity contribution in [1.82, 2.24) is 19.8 Å². The maximum atomic E-state index is 13.1. The highest BCUT2D eigenvalue weighted by Crippen LogP contribution is 2.29. The Labute approximate surface area is 182 Å². The van der Waals surface area contributed by atoms with Crippen LogP contribution >= 0.6 is 0 Å². The molecule has 168 valence electrons. The summed E-state index contributed by atoms with van der Waals surface area (Å²) in [6.45, 7) is 4.84. The van der Waals surface area contributed by atoms with Crippen molar-refractivity contribution in [2.24, 2.45) is 0 Å². The lowest BCUT2D eigenvalue weighted by Gasteiger charge is -2.27. The summed E-state index contributed by atoms with van der Waals surface area (Å²) in [6, 6.07) is 4.94. The highest BCUT2D eigenvalue weighted by atomic mass is 32.2. The minimum absolute atomic E-state index is 0.176. The molecule has 1 aromatic carbocycles. The average Bonchev–Trinajstić information content (AvgIpc) is 3.46. The van der Waals surface area contributed by atoms with Crippen molar-refractivity contribution in [2.45, 2.75) is 50.3 Å². The predicted molar refractivity (Wildman–Crippen MR) is 116 cm³/mol. The lowest BCUT2D eigenvalue weighted by molar-refractivity contribution is 0.0953. The number of carbonyl (C=O) groups is 1. The van der Waals surface area contributed by atoms with E-state index in [0.29, 0.717) is 43.3 Å². The third-order valence-corrected chi connectivity index (χ3v) is 7.70. The molecule has 31 heavy (non-hydrogen) atoms. The van der Waals surface area contributed by atoms with Crippen molar-refractivity contribution in [1.29, 1.82) is 0 Å². The Bertz CT molecular complexity index is 1020. The number of carbonyl (C=O) groups excluding carboxylic acids is 1. The number of benzene rings is 1. The largest absolute Gasteiger partial charge is 0.371 e. The van der Waals surface area contributed by atoms with E-state index in [-0.39, 0.29) is 10.8 Å². The molecule has 2 saturated heterocycles. The van der Waals surface area contributed by atoms with Gasteiger partial charge in [0.1, 0.15) is 0 Å². The number of piperidine rings is 1. The van der Waals surface area contributed by atoms with Crippen LogP contribution in [0.5, 0.6) is 0 Å². The van der Waals surface area contributed by atoms with Crippen LogP contribution < -0.4 is 10.2 Å². The molecule has 0 aliphatic carbocycles. The first kappa shape index (κ1) is 21.8. The van der Waals surface area contributed by atoms with Gasteiger partial charge in [-0.05, 0) is 50.8 Å². The van der Waals surface area contributed by atoms with E-state index < -0.39 is 10.0 Å². The minimum atomic E-state index is -3.62. The fourth-order valence-corrected chi connectivity index (χ4v) is 5.71. The predicted octanol–water partition coefficient (Wildman–Crippen LogP) is 2.13. The molecule has 1 aromatic heterocycles. The summed E-state index contributed by atoms with van der Waals surface area (Å²) in [4.78, 5) is 19.5. The number of aromatic nitrogens is 2. The van der Waals surface area contributed by atoms with Crippen molar-refractivity contribution in [2.75, 3.05) is 37.6 Å².